The SMILES string of the molecule is C=CCOC(=O)[C@H](Cc1cn(C(=O)OC(C)(C)C)c2ccccc12)NC(=O)OCC1c2ccccc2-c2ccccc21. The van der Waals surface area contributed by atoms with E-state index in [9.17, 15) is 14.4 Å². The Labute approximate surface area is 244 Å². The molecule has 1 N–H and O–H groups in total. The Bertz CT molecular complexity index is 1600. The number of nitrogens with zero attached hydrogens (tertiary/aromatic N) is 1. The highest BCUT2D eigenvalue weighted by Gasteiger charge is 2.31. The van der Waals surface area contributed by atoms with Crippen LogP contribution in [0.1, 0.15) is 43.4 Å². The van der Waals surface area contributed by atoms with Crippen molar-refractivity contribution in [3.8, 4) is 11.1 Å². The van der Waals surface area contributed by atoms with Gasteiger partial charge in [0, 0.05) is 23.9 Å². The van der Waals surface area contributed by atoms with E-state index in [0.29, 0.717) is 11.1 Å². The third kappa shape index (κ3) is 6.07. The lowest BCUT2D eigenvalue weighted by atomic mass is 9.98. The zero-order valence-electron chi connectivity index (χ0n) is 24.0. The number of aromatic nitrogens is 1. The smallest absolute Gasteiger partial charge is 0.419 e. The maximum atomic E-state index is 13.1. The van der Waals surface area contributed by atoms with Crippen LogP contribution in [-0.4, -0.2) is 47.6 Å². The topological polar surface area (TPSA) is 95.9 Å². The molecule has 1 aliphatic rings. The van der Waals surface area contributed by atoms with Crippen LogP contribution in [-0.2, 0) is 25.4 Å². The average Bonchev–Trinajstić information content (AvgIpc) is 3.49. The molecule has 5 rings (SSSR count). The summed E-state index contributed by atoms with van der Waals surface area (Å²) in [6.07, 6.45) is 1.87. The number of fused-ring (bicyclic) bond motifs is 4. The van der Waals surface area contributed by atoms with Crippen LogP contribution >= 0.6 is 0 Å². The van der Waals surface area contributed by atoms with Gasteiger partial charge < -0.3 is 19.5 Å². The number of hydrogen-bond acceptors (Lipinski definition) is 6. The van der Waals surface area contributed by atoms with E-state index in [2.05, 4.69) is 24.0 Å². The molecular weight excluding hydrogens is 532 g/mol. The Morgan fingerprint density at radius 1 is 0.929 bits per heavy atom. The largest absolute Gasteiger partial charge is 0.460 e. The fourth-order valence-electron chi connectivity index (χ4n) is 5.31. The first-order valence-electron chi connectivity index (χ1n) is 13.9. The standard InChI is InChI=1S/C34H34N2O6/c1-5-18-40-31(37)29(19-22-20-36(33(39)42-34(2,3)4)30-17-11-10-12-23(22)30)35-32(38)41-21-28-26-15-8-6-13-24(26)25-14-7-9-16-27(25)28/h5-17,20,28-29H,1,18-19,21H2,2-4H3,(H,35,38)/t29-/m0/s1. The van der Waals surface area contributed by atoms with Gasteiger partial charge in [0.05, 0.1) is 5.52 Å². The lowest BCUT2D eigenvalue weighted by Crippen LogP contribution is -2.44. The lowest BCUT2D eigenvalue weighted by Gasteiger charge is -2.20. The molecule has 8 nitrogen and oxygen atoms in total. The lowest BCUT2D eigenvalue weighted by molar-refractivity contribution is -0.144. The second kappa shape index (κ2) is 11.9. The van der Waals surface area contributed by atoms with E-state index in [4.69, 9.17) is 14.2 Å². The van der Waals surface area contributed by atoms with Gasteiger partial charge in [0.2, 0.25) is 0 Å². The van der Waals surface area contributed by atoms with Crippen molar-refractivity contribution in [3.05, 3.63) is 108 Å². The summed E-state index contributed by atoms with van der Waals surface area (Å²) in [5, 5.41) is 3.44. The maximum absolute atomic E-state index is 13.1. The van der Waals surface area contributed by atoms with Crippen LogP contribution < -0.4 is 5.32 Å². The second-order valence-electron chi connectivity index (χ2n) is 11.2. The molecule has 216 valence electrons. The fraction of sp³-hybridized carbons (Fsp3) is 0.265. The van der Waals surface area contributed by atoms with Crippen LogP contribution in [0.5, 0.6) is 0 Å². The number of carbonyl (C=O) groups is 3. The van der Waals surface area contributed by atoms with E-state index in [0.717, 1.165) is 27.6 Å². The van der Waals surface area contributed by atoms with Gasteiger partial charge >= 0.3 is 18.2 Å². The van der Waals surface area contributed by atoms with Crippen molar-refractivity contribution in [1.82, 2.24) is 9.88 Å². The number of nitrogens with one attached hydrogen (secondary N) is 1. The normalized spacial score (nSPS) is 13.1. The van der Waals surface area contributed by atoms with E-state index < -0.39 is 29.8 Å². The first kappa shape index (κ1) is 28.7. The summed E-state index contributed by atoms with van der Waals surface area (Å²) < 4.78 is 18.0. The summed E-state index contributed by atoms with van der Waals surface area (Å²) in [6.45, 7) is 9.07. The van der Waals surface area contributed by atoms with E-state index >= 15 is 0 Å². The minimum absolute atomic E-state index is 0.0125. The summed E-state index contributed by atoms with van der Waals surface area (Å²) >= 11 is 0. The molecule has 0 bridgehead atoms. The molecule has 8 heteroatoms. The molecule has 1 aliphatic carbocycles. The van der Waals surface area contributed by atoms with Crippen molar-refractivity contribution in [2.75, 3.05) is 13.2 Å². The van der Waals surface area contributed by atoms with Crippen molar-refractivity contribution >= 4 is 29.1 Å². The molecule has 1 amide bonds. The first-order chi connectivity index (χ1) is 20.2. The van der Waals surface area contributed by atoms with E-state index in [1.165, 1.54) is 10.6 Å². The quantitative estimate of drug-likeness (QED) is 0.147. The van der Waals surface area contributed by atoms with Crippen molar-refractivity contribution < 1.29 is 28.6 Å². The molecular formula is C34H34N2O6. The zero-order valence-corrected chi connectivity index (χ0v) is 24.0. The number of para-hydroxylation sites is 1. The molecule has 1 atom stereocenters. The number of ether oxygens (including phenoxy) is 3. The van der Waals surface area contributed by atoms with Crippen LogP contribution in [0, 0.1) is 0 Å². The highest BCUT2D eigenvalue weighted by Crippen LogP contribution is 2.44. The van der Waals surface area contributed by atoms with E-state index in [1.54, 1.807) is 33.0 Å². The van der Waals surface area contributed by atoms with E-state index in [1.807, 2.05) is 54.6 Å². The molecule has 1 aromatic heterocycles. The molecule has 0 fully saturated rings. The predicted octanol–water partition coefficient (Wildman–Crippen LogP) is 6.60. The molecule has 42 heavy (non-hydrogen) atoms. The number of hydrogen-bond donors (Lipinski definition) is 1. The summed E-state index contributed by atoms with van der Waals surface area (Å²) in [7, 11) is 0. The number of rotatable bonds is 8. The number of esters is 1. The van der Waals surface area contributed by atoms with Crippen LogP contribution in [0.2, 0.25) is 0 Å². The monoisotopic (exact) mass is 566 g/mol. The predicted molar refractivity (Wildman–Crippen MR) is 160 cm³/mol. The molecule has 4 aromatic rings. The Hall–Kier alpha value is -4.85. The van der Waals surface area contributed by atoms with Crippen LogP contribution in [0.3, 0.4) is 0 Å². The molecule has 0 saturated heterocycles. The third-order valence-corrected chi connectivity index (χ3v) is 7.07. The molecule has 1 heterocycles. The Morgan fingerprint density at radius 2 is 1.55 bits per heavy atom. The average molecular weight is 567 g/mol. The molecule has 3 aromatic carbocycles. The minimum Gasteiger partial charge on any atom is -0.460 e. The fourth-order valence-corrected chi connectivity index (χ4v) is 5.31. The van der Waals surface area contributed by atoms with Crippen LogP contribution in [0.4, 0.5) is 9.59 Å². The summed E-state index contributed by atoms with van der Waals surface area (Å²) in [6, 6.07) is 22.4. The Balaban J connectivity index is 1.35. The van der Waals surface area contributed by atoms with Gasteiger partial charge in [-0.25, -0.2) is 14.4 Å². The summed E-state index contributed by atoms with van der Waals surface area (Å²) in [4.78, 5) is 39.1. The molecule has 0 radical (unpaired) electrons. The van der Waals surface area contributed by atoms with Gasteiger partial charge in [0.1, 0.15) is 24.9 Å². The number of carbonyl (C=O) groups excluding carboxylic acids is 3. The number of alkyl carbamates (subject to hydrolysis) is 1. The van der Waals surface area contributed by atoms with Gasteiger partial charge in [0.25, 0.3) is 0 Å². The number of benzene rings is 3. The van der Waals surface area contributed by atoms with Gasteiger partial charge in [-0.2, -0.15) is 0 Å². The zero-order chi connectivity index (χ0) is 29.9. The van der Waals surface area contributed by atoms with E-state index in [-0.39, 0.29) is 25.6 Å². The van der Waals surface area contributed by atoms with Crippen molar-refractivity contribution in [1.29, 1.82) is 0 Å². The van der Waals surface area contributed by atoms with Crippen LogP contribution in [0.15, 0.2) is 91.6 Å². The molecule has 0 saturated carbocycles. The van der Waals surface area contributed by atoms with Gasteiger partial charge in [-0.15, -0.1) is 0 Å². The van der Waals surface area contributed by atoms with Crippen molar-refractivity contribution in [2.45, 2.75) is 44.8 Å². The molecule has 0 spiro atoms. The summed E-state index contributed by atoms with van der Waals surface area (Å²) in [5.41, 5.74) is 5.01. The molecule has 0 aliphatic heterocycles. The second-order valence-corrected chi connectivity index (χ2v) is 11.2. The van der Waals surface area contributed by atoms with Crippen molar-refractivity contribution in [3.63, 3.8) is 0 Å². The minimum atomic E-state index is -1.07. The van der Waals surface area contributed by atoms with Gasteiger partial charge in [-0.1, -0.05) is 79.4 Å². The number of amides is 1. The van der Waals surface area contributed by atoms with Crippen LogP contribution in [0.25, 0.3) is 22.0 Å². The summed E-state index contributed by atoms with van der Waals surface area (Å²) in [5.74, 6) is -0.765. The highest BCUT2D eigenvalue weighted by molar-refractivity contribution is 5.93. The van der Waals surface area contributed by atoms with Gasteiger partial charge in [-0.3, -0.25) is 4.57 Å². The Morgan fingerprint density at radius 3 is 2.19 bits per heavy atom. The van der Waals surface area contributed by atoms with Gasteiger partial charge in [0.15, 0.2) is 0 Å². The van der Waals surface area contributed by atoms with Crippen molar-refractivity contribution in [2.24, 2.45) is 0 Å². The molecule has 0 unspecified atom stereocenters. The maximum Gasteiger partial charge on any atom is 0.419 e. The third-order valence-electron chi connectivity index (χ3n) is 7.07. The Kier molecular flexibility index (Phi) is 8.15. The highest BCUT2D eigenvalue weighted by atomic mass is 16.6. The first-order valence-corrected chi connectivity index (χ1v) is 13.9. The van der Waals surface area contributed by atoms with Gasteiger partial charge in [-0.05, 0) is 54.7 Å².